The molecular weight excluding hydrogens is 220 g/mol. The second kappa shape index (κ2) is 6.13. The van der Waals surface area contributed by atoms with Crippen LogP contribution >= 0.6 is 0 Å². The number of carboxylic acid groups (broad SMARTS) is 1. The first-order chi connectivity index (χ1) is 8.08. The van der Waals surface area contributed by atoms with E-state index in [0.29, 0.717) is 6.42 Å². The van der Waals surface area contributed by atoms with Crippen molar-refractivity contribution in [3.63, 3.8) is 0 Å². The predicted octanol–water partition coefficient (Wildman–Crippen LogP) is 2.67. The number of carboxylic acids is 1. The molecule has 0 heterocycles. The van der Waals surface area contributed by atoms with Gasteiger partial charge >= 0.3 is 5.97 Å². The van der Waals surface area contributed by atoms with Crippen LogP contribution in [0.25, 0.3) is 0 Å². The zero-order chi connectivity index (χ0) is 12.8. The summed E-state index contributed by atoms with van der Waals surface area (Å²) < 4.78 is 10.4. The molecule has 0 saturated heterocycles. The van der Waals surface area contributed by atoms with E-state index in [4.69, 9.17) is 14.6 Å². The second-order valence-corrected chi connectivity index (χ2v) is 3.94. The van der Waals surface area contributed by atoms with Crippen molar-refractivity contribution in [2.45, 2.75) is 25.7 Å². The fraction of sp³-hybridized carbons (Fsp3) is 0.462. The van der Waals surface area contributed by atoms with Crippen molar-refractivity contribution < 1.29 is 19.4 Å². The molecule has 0 saturated carbocycles. The van der Waals surface area contributed by atoms with Crippen molar-refractivity contribution in [1.29, 1.82) is 0 Å². The number of benzene rings is 1. The number of ether oxygens (including phenoxy) is 2. The molecule has 0 amide bonds. The molecule has 0 aliphatic rings. The average molecular weight is 238 g/mol. The van der Waals surface area contributed by atoms with Crippen LogP contribution in [-0.4, -0.2) is 25.3 Å². The molecule has 1 atom stereocenters. The Morgan fingerprint density at radius 2 is 2.06 bits per heavy atom. The molecule has 1 aromatic rings. The maximum atomic E-state index is 10.6. The first-order valence-corrected chi connectivity index (χ1v) is 5.52. The lowest BCUT2D eigenvalue weighted by atomic mass is 9.95. The Kier molecular flexibility index (Phi) is 4.82. The third kappa shape index (κ3) is 3.66. The Balaban J connectivity index is 2.88. The number of hydrogen-bond donors (Lipinski definition) is 1. The van der Waals surface area contributed by atoms with Crippen molar-refractivity contribution in [1.82, 2.24) is 0 Å². The van der Waals surface area contributed by atoms with Crippen LogP contribution in [0.3, 0.4) is 0 Å². The number of carbonyl (C=O) groups is 1. The summed E-state index contributed by atoms with van der Waals surface area (Å²) in [6.45, 7) is 1.99. The van der Waals surface area contributed by atoms with Crippen LogP contribution in [0, 0.1) is 0 Å². The van der Waals surface area contributed by atoms with E-state index in [0.717, 1.165) is 17.1 Å². The zero-order valence-electron chi connectivity index (χ0n) is 10.4. The second-order valence-electron chi connectivity index (χ2n) is 3.94. The van der Waals surface area contributed by atoms with Gasteiger partial charge in [-0.05, 0) is 30.5 Å². The van der Waals surface area contributed by atoms with Crippen molar-refractivity contribution in [3.8, 4) is 11.5 Å². The van der Waals surface area contributed by atoms with Gasteiger partial charge in [0.2, 0.25) is 0 Å². The quantitative estimate of drug-likeness (QED) is 0.827. The SMILES string of the molecule is COc1ccc(OC)c(C(C)CCC(=O)O)c1. The molecule has 0 aromatic heterocycles. The van der Waals surface area contributed by atoms with E-state index in [-0.39, 0.29) is 12.3 Å². The molecule has 4 heteroatoms. The normalized spacial score (nSPS) is 11.9. The van der Waals surface area contributed by atoms with Crippen molar-refractivity contribution in [2.75, 3.05) is 14.2 Å². The van der Waals surface area contributed by atoms with Crippen molar-refractivity contribution in [3.05, 3.63) is 23.8 Å². The van der Waals surface area contributed by atoms with Gasteiger partial charge in [-0.3, -0.25) is 4.79 Å². The van der Waals surface area contributed by atoms with Gasteiger partial charge in [0, 0.05) is 12.0 Å². The van der Waals surface area contributed by atoms with E-state index in [2.05, 4.69) is 0 Å². The van der Waals surface area contributed by atoms with E-state index >= 15 is 0 Å². The van der Waals surface area contributed by atoms with Crippen LogP contribution in [0.5, 0.6) is 11.5 Å². The summed E-state index contributed by atoms with van der Waals surface area (Å²) in [5, 5.41) is 8.68. The molecule has 1 unspecified atom stereocenters. The summed E-state index contributed by atoms with van der Waals surface area (Å²) in [7, 11) is 3.21. The molecule has 0 fully saturated rings. The lowest BCUT2D eigenvalue weighted by Crippen LogP contribution is -2.02. The molecule has 4 nitrogen and oxygen atoms in total. The van der Waals surface area contributed by atoms with E-state index in [1.807, 2.05) is 25.1 Å². The first kappa shape index (κ1) is 13.4. The van der Waals surface area contributed by atoms with Crippen molar-refractivity contribution in [2.24, 2.45) is 0 Å². The molecule has 0 aliphatic heterocycles. The van der Waals surface area contributed by atoms with Gasteiger partial charge in [0.25, 0.3) is 0 Å². The lowest BCUT2D eigenvalue weighted by molar-refractivity contribution is -0.137. The number of hydrogen-bond acceptors (Lipinski definition) is 3. The van der Waals surface area contributed by atoms with Crippen LogP contribution < -0.4 is 9.47 Å². The minimum atomic E-state index is -0.779. The highest BCUT2D eigenvalue weighted by Gasteiger charge is 2.14. The molecular formula is C13H18O4. The highest BCUT2D eigenvalue weighted by atomic mass is 16.5. The first-order valence-electron chi connectivity index (χ1n) is 5.52. The molecule has 94 valence electrons. The molecule has 0 spiro atoms. The summed E-state index contributed by atoms with van der Waals surface area (Å²) >= 11 is 0. The Bertz CT molecular complexity index is 387. The number of aliphatic carboxylic acids is 1. The van der Waals surface area contributed by atoms with Gasteiger partial charge in [-0.1, -0.05) is 6.92 Å². The standard InChI is InChI=1S/C13H18O4/c1-9(4-7-13(14)15)11-8-10(16-2)5-6-12(11)17-3/h5-6,8-9H,4,7H2,1-3H3,(H,14,15). The van der Waals surface area contributed by atoms with Crippen molar-refractivity contribution >= 4 is 5.97 Å². The number of rotatable bonds is 6. The van der Waals surface area contributed by atoms with Crippen LogP contribution in [-0.2, 0) is 4.79 Å². The minimum absolute atomic E-state index is 0.121. The van der Waals surface area contributed by atoms with Gasteiger partial charge in [0.15, 0.2) is 0 Å². The smallest absolute Gasteiger partial charge is 0.303 e. The van der Waals surface area contributed by atoms with E-state index < -0.39 is 5.97 Å². The van der Waals surface area contributed by atoms with Gasteiger partial charge in [-0.25, -0.2) is 0 Å². The molecule has 17 heavy (non-hydrogen) atoms. The Hall–Kier alpha value is -1.71. The summed E-state index contributed by atoms with van der Waals surface area (Å²) in [6, 6.07) is 5.56. The highest BCUT2D eigenvalue weighted by molar-refractivity contribution is 5.66. The van der Waals surface area contributed by atoms with Crippen LogP contribution in [0.1, 0.15) is 31.2 Å². The summed E-state index contributed by atoms with van der Waals surface area (Å²) in [5.74, 6) is 0.863. The predicted molar refractivity (Wildman–Crippen MR) is 64.8 cm³/mol. The molecule has 0 bridgehead atoms. The van der Waals surface area contributed by atoms with Crippen LogP contribution in [0.4, 0.5) is 0 Å². The lowest BCUT2D eigenvalue weighted by Gasteiger charge is -2.16. The molecule has 0 radical (unpaired) electrons. The maximum absolute atomic E-state index is 10.6. The Morgan fingerprint density at radius 1 is 1.35 bits per heavy atom. The van der Waals surface area contributed by atoms with Crippen LogP contribution in [0.15, 0.2) is 18.2 Å². The Labute approximate surface area is 101 Å². The molecule has 1 aromatic carbocycles. The summed E-state index contributed by atoms with van der Waals surface area (Å²) in [6.07, 6.45) is 0.736. The van der Waals surface area contributed by atoms with Gasteiger partial charge in [-0.15, -0.1) is 0 Å². The topological polar surface area (TPSA) is 55.8 Å². The average Bonchev–Trinajstić information content (AvgIpc) is 2.34. The van der Waals surface area contributed by atoms with E-state index in [1.54, 1.807) is 14.2 Å². The van der Waals surface area contributed by atoms with Gasteiger partial charge in [-0.2, -0.15) is 0 Å². The summed E-state index contributed by atoms with van der Waals surface area (Å²) in [4.78, 5) is 10.6. The van der Waals surface area contributed by atoms with E-state index in [1.165, 1.54) is 0 Å². The summed E-state index contributed by atoms with van der Waals surface area (Å²) in [5.41, 5.74) is 0.980. The highest BCUT2D eigenvalue weighted by Crippen LogP contribution is 2.32. The zero-order valence-corrected chi connectivity index (χ0v) is 10.4. The molecule has 1 N–H and O–H groups in total. The molecule has 1 rings (SSSR count). The van der Waals surface area contributed by atoms with E-state index in [9.17, 15) is 4.79 Å². The minimum Gasteiger partial charge on any atom is -0.497 e. The van der Waals surface area contributed by atoms with Gasteiger partial charge in [0.1, 0.15) is 11.5 Å². The monoisotopic (exact) mass is 238 g/mol. The van der Waals surface area contributed by atoms with Crippen LogP contribution in [0.2, 0.25) is 0 Å². The van der Waals surface area contributed by atoms with Gasteiger partial charge < -0.3 is 14.6 Å². The fourth-order valence-corrected chi connectivity index (χ4v) is 1.72. The third-order valence-electron chi connectivity index (χ3n) is 2.76. The number of methoxy groups -OCH3 is 2. The third-order valence-corrected chi connectivity index (χ3v) is 2.76. The van der Waals surface area contributed by atoms with Gasteiger partial charge in [0.05, 0.1) is 14.2 Å². The largest absolute Gasteiger partial charge is 0.497 e. The Morgan fingerprint density at radius 3 is 2.59 bits per heavy atom. The molecule has 0 aliphatic carbocycles. The fourth-order valence-electron chi connectivity index (χ4n) is 1.72. The maximum Gasteiger partial charge on any atom is 0.303 e.